The lowest BCUT2D eigenvalue weighted by Gasteiger charge is -2.40. The zero-order valence-corrected chi connectivity index (χ0v) is 22.2. The van der Waals surface area contributed by atoms with Crippen molar-refractivity contribution in [3.63, 3.8) is 0 Å². The van der Waals surface area contributed by atoms with Gasteiger partial charge < -0.3 is 20.9 Å². The molecule has 1 aliphatic heterocycles. The van der Waals surface area contributed by atoms with Crippen LogP contribution in [-0.2, 0) is 34.3 Å². The summed E-state index contributed by atoms with van der Waals surface area (Å²) >= 11 is 0. The van der Waals surface area contributed by atoms with Gasteiger partial charge in [0.05, 0.1) is 5.92 Å². The van der Waals surface area contributed by atoms with Gasteiger partial charge in [-0.3, -0.25) is 9.59 Å². The van der Waals surface area contributed by atoms with Crippen LogP contribution in [-0.4, -0.2) is 42.5 Å². The van der Waals surface area contributed by atoms with Crippen molar-refractivity contribution >= 4 is 22.7 Å². The average Bonchev–Trinajstić information content (AvgIpc) is 3.53. The van der Waals surface area contributed by atoms with Crippen molar-refractivity contribution in [1.29, 1.82) is 0 Å². The maximum Gasteiger partial charge on any atom is 0.242 e. The van der Waals surface area contributed by atoms with Gasteiger partial charge in [0.15, 0.2) is 0 Å². The van der Waals surface area contributed by atoms with Gasteiger partial charge in [-0.2, -0.15) is 0 Å². The van der Waals surface area contributed by atoms with E-state index in [-0.39, 0.29) is 23.1 Å². The van der Waals surface area contributed by atoms with Crippen LogP contribution >= 0.6 is 0 Å². The van der Waals surface area contributed by atoms with Crippen molar-refractivity contribution in [3.8, 4) is 0 Å². The van der Waals surface area contributed by atoms with E-state index < -0.39 is 6.04 Å². The van der Waals surface area contributed by atoms with Gasteiger partial charge in [0, 0.05) is 35.5 Å². The Morgan fingerprint density at radius 2 is 1.67 bits per heavy atom. The van der Waals surface area contributed by atoms with Crippen molar-refractivity contribution in [2.45, 2.75) is 43.6 Å². The zero-order valence-electron chi connectivity index (χ0n) is 22.2. The first-order chi connectivity index (χ1) is 19.1. The minimum atomic E-state index is -0.657. The molecule has 2 heterocycles. The summed E-state index contributed by atoms with van der Waals surface area (Å²) in [6.45, 7) is 2.32. The van der Waals surface area contributed by atoms with Crippen LogP contribution in [0.3, 0.4) is 0 Å². The number of piperidine rings is 1. The highest BCUT2D eigenvalue weighted by molar-refractivity contribution is 5.91. The molecule has 1 aliphatic carbocycles. The number of fused-ring (bicyclic) bond motifs is 3. The fourth-order valence-corrected chi connectivity index (χ4v) is 6.72. The van der Waals surface area contributed by atoms with E-state index >= 15 is 0 Å². The van der Waals surface area contributed by atoms with E-state index in [0.29, 0.717) is 13.0 Å². The van der Waals surface area contributed by atoms with E-state index in [0.717, 1.165) is 55.2 Å². The predicted molar refractivity (Wildman–Crippen MR) is 155 cm³/mol. The van der Waals surface area contributed by atoms with Crippen molar-refractivity contribution in [3.05, 3.63) is 107 Å². The van der Waals surface area contributed by atoms with E-state index in [1.165, 1.54) is 16.7 Å². The average molecular weight is 521 g/mol. The fourth-order valence-electron chi connectivity index (χ4n) is 6.72. The Morgan fingerprint density at radius 3 is 2.51 bits per heavy atom. The fraction of sp³-hybridized carbons (Fsp3) is 0.333. The van der Waals surface area contributed by atoms with Crippen LogP contribution in [0.25, 0.3) is 10.9 Å². The molecule has 2 aliphatic rings. The number of hydrogen-bond donors (Lipinski definition) is 4. The lowest BCUT2D eigenvalue weighted by atomic mass is 9.68. The van der Waals surface area contributed by atoms with Gasteiger partial charge in [-0.25, -0.2) is 0 Å². The van der Waals surface area contributed by atoms with Gasteiger partial charge in [0.25, 0.3) is 0 Å². The number of carbonyl (C=O) groups is 2. The summed E-state index contributed by atoms with van der Waals surface area (Å²) in [6, 6.07) is 26.1. The van der Waals surface area contributed by atoms with Crippen LogP contribution in [0.1, 0.15) is 35.1 Å². The second-order valence-corrected chi connectivity index (χ2v) is 11.0. The Hall–Kier alpha value is -3.90. The minimum Gasteiger partial charge on any atom is -0.361 e. The van der Waals surface area contributed by atoms with Crippen LogP contribution in [0.5, 0.6) is 0 Å². The van der Waals surface area contributed by atoms with Crippen molar-refractivity contribution in [2.24, 2.45) is 5.92 Å². The first-order valence-corrected chi connectivity index (χ1v) is 14.1. The quantitative estimate of drug-likeness (QED) is 0.283. The summed E-state index contributed by atoms with van der Waals surface area (Å²) in [5, 5.41) is 10.9. The van der Waals surface area contributed by atoms with Gasteiger partial charge in [0.2, 0.25) is 11.8 Å². The summed E-state index contributed by atoms with van der Waals surface area (Å²) < 4.78 is 0. The Kier molecular flexibility index (Phi) is 7.20. The highest BCUT2D eigenvalue weighted by atomic mass is 16.2. The maximum atomic E-state index is 14.1. The molecule has 39 heavy (non-hydrogen) atoms. The van der Waals surface area contributed by atoms with Crippen molar-refractivity contribution in [1.82, 2.24) is 20.9 Å². The SMILES string of the molecule is O=C(N[C@@H](Cc1c[nH]c2ccccc12)C(=O)NCCc1ccccc1)C1Cc2ccccc2C12CCNCC2. The summed E-state index contributed by atoms with van der Waals surface area (Å²) in [5.41, 5.74) is 5.63. The molecule has 0 bridgehead atoms. The largest absolute Gasteiger partial charge is 0.361 e. The molecule has 0 radical (unpaired) electrons. The topological polar surface area (TPSA) is 86.0 Å². The molecule has 6 heteroatoms. The third kappa shape index (κ3) is 5.09. The Morgan fingerprint density at radius 1 is 0.923 bits per heavy atom. The van der Waals surface area contributed by atoms with Gasteiger partial charge in [0.1, 0.15) is 6.04 Å². The number of aromatic amines is 1. The Bertz CT molecular complexity index is 1450. The van der Waals surface area contributed by atoms with Crippen LogP contribution in [0.15, 0.2) is 85.1 Å². The lowest BCUT2D eigenvalue weighted by Crippen LogP contribution is -2.54. The molecule has 1 saturated heterocycles. The number of hydrogen-bond acceptors (Lipinski definition) is 3. The number of rotatable bonds is 8. The molecule has 1 unspecified atom stereocenters. The van der Waals surface area contributed by atoms with Crippen LogP contribution in [0, 0.1) is 5.92 Å². The number of aromatic nitrogens is 1. The molecule has 2 amide bonds. The third-order valence-corrected chi connectivity index (χ3v) is 8.74. The van der Waals surface area contributed by atoms with E-state index in [9.17, 15) is 9.59 Å². The molecule has 1 spiro atoms. The molecule has 0 saturated carbocycles. The lowest BCUT2D eigenvalue weighted by molar-refractivity contribution is -0.132. The standard InChI is InChI=1S/C33H36N4O2/c38-31(28-20-24-10-4-6-12-27(24)33(28)15-18-34-19-16-33)37-30(21-25-22-36-29-13-7-5-11-26(25)29)32(39)35-17-14-23-8-2-1-3-9-23/h1-13,22,28,30,34,36H,14-21H2,(H,35,39)(H,37,38)/t28?,30-/m0/s1. The zero-order chi connectivity index (χ0) is 26.7. The number of para-hydroxylation sites is 1. The van der Waals surface area contributed by atoms with E-state index in [1.54, 1.807) is 0 Å². The first-order valence-electron chi connectivity index (χ1n) is 14.1. The summed E-state index contributed by atoms with van der Waals surface area (Å²) in [5.74, 6) is -0.338. The van der Waals surface area contributed by atoms with Crippen LogP contribution in [0.2, 0.25) is 0 Å². The van der Waals surface area contributed by atoms with Crippen LogP contribution in [0.4, 0.5) is 0 Å². The van der Waals surface area contributed by atoms with Gasteiger partial charge in [-0.05, 0) is 67.1 Å². The summed E-state index contributed by atoms with van der Waals surface area (Å²) in [6.07, 6.45) is 5.71. The molecule has 3 aromatic carbocycles. The summed E-state index contributed by atoms with van der Waals surface area (Å²) in [7, 11) is 0. The molecule has 6 rings (SSSR count). The molecular weight excluding hydrogens is 484 g/mol. The number of amides is 2. The second kappa shape index (κ2) is 11.1. The number of carbonyl (C=O) groups excluding carboxylic acids is 2. The smallest absolute Gasteiger partial charge is 0.242 e. The molecule has 4 N–H and O–H groups in total. The van der Waals surface area contributed by atoms with Crippen molar-refractivity contribution < 1.29 is 9.59 Å². The minimum absolute atomic E-state index is 0.0175. The molecule has 1 fully saturated rings. The highest BCUT2D eigenvalue weighted by Crippen LogP contribution is 2.49. The number of nitrogens with one attached hydrogen (secondary N) is 4. The van der Waals surface area contributed by atoms with Gasteiger partial charge >= 0.3 is 0 Å². The third-order valence-electron chi connectivity index (χ3n) is 8.74. The van der Waals surface area contributed by atoms with Gasteiger partial charge in [-0.1, -0.05) is 72.8 Å². The predicted octanol–water partition coefficient (Wildman–Crippen LogP) is 4.05. The summed E-state index contributed by atoms with van der Waals surface area (Å²) in [4.78, 5) is 31.0. The first kappa shape index (κ1) is 25.4. The molecule has 200 valence electrons. The van der Waals surface area contributed by atoms with E-state index in [2.05, 4.69) is 63.4 Å². The van der Waals surface area contributed by atoms with Crippen LogP contribution < -0.4 is 16.0 Å². The number of H-pyrrole nitrogens is 1. The molecule has 4 aromatic rings. The highest BCUT2D eigenvalue weighted by Gasteiger charge is 2.50. The maximum absolute atomic E-state index is 14.1. The van der Waals surface area contributed by atoms with E-state index in [1.807, 2.05) is 42.6 Å². The van der Waals surface area contributed by atoms with Gasteiger partial charge in [-0.15, -0.1) is 0 Å². The molecule has 2 atom stereocenters. The van der Waals surface area contributed by atoms with Crippen molar-refractivity contribution in [2.75, 3.05) is 19.6 Å². The second-order valence-electron chi connectivity index (χ2n) is 11.0. The Balaban J connectivity index is 1.23. The van der Waals surface area contributed by atoms with E-state index in [4.69, 9.17) is 0 Å². The molecular formula is C33H36N4O2. The number of benzene rings is 3. The monoisotopic (exact) mass is 520 g/mol. The molecule has 6 nitrogen and oxygen atoms in total. The Labute approximate surface area is 229 Å². The normalized spacial score (nSPS) is 18.5. The molecule has 1 aromatic heterocycles.